The van der Waals surface area contributed by atoms with Gasteiger partial charge in [-0.25, -0.2) is 0 Å². The van der Waals surface area contributed by atoms with Crippen molar-refractivity contribution in [1.82, 2.24) is 31.2 Å². The van der Waals surface area contributed by atoms with Gasteiger partial charge < -0.3 is 31.0 Å². The van der Waals surface area contributed by atoms with E-state index in [-0.39, 0.29) is 57.1 Å². The fourth-order valence-corrected chi connectivity index (χ4v) is 3.12. The molecular formula is C25H36N6O8. The van der Waals surface area contributed by atoms with E-state index in [2.05, 4.69) is 34.4 Å². The quantitative estimate of drug-likeness (QED) is 0.0529. The molecule has 14 nitrogen and oxygen atoms in total. The van der Waals surface area contributed by atoms with Gasteiger partial charge in [-0.2, -0.15) is 0 Å². The Hall–Kier alpha value is -4.49. The number of hydroxylamine groups is 2. The molecular weight excluding hydrogens is 512 g/mol. The Morgan fingerprint density at radius 2 is 1.41 bits per heavy atom. The molecule has 1 aliphatic heterocycles. The third-order valence-corrected chi connectivity index (χ3v) is 5.18. The molecule has 0 aliphatic carbocycles. The molecule has 1 heterocycles. The minimum absolute atomic E-state index is 0.0925. The van der Waals surface area contributed by atoms with Gasteiger partial charge >= 0.3 is 0 Å². The van der Waals surface area contributed by atoms with Crippen molar-refractivity contribution < 1.29 is 38.4 Å². The summed E-state index contributed by atoms with van der Waals surface area (Å²) < 4.78 is 0. The Morgan fingerprint density at radius 1 is 0.872 bits per heavy atom. The van der Waals surface area contributed by atoms with Crippen LogP contribution in [-0.2, 0) is 38.4 Å². The van der Waals surface area contributed by atoms with E-state index in [1.54, 1.807) is 19.1 Å². The zero-order valence-corrected chi connectivity index (χ0v) is 22.1. The fourth-order valence-electron chi connectivity index (χ4n) is 3.12. The number of carbonyl (C=O) groups is 7. The number of nitrogens with zero attached hydrogens (tertiary/aromatic N) is 2. The minimum atomic E-state index is -0.595. The summed E-state index contributed by atoms with van der Waals surface area (Å²) in [7, 11) is 0. The van der Waals surface area contributed by atoms with Crippen LogP contribution in [0.4, 0.5) is 0 Å². The smallest absolute Gasteiger partial charge is 0.263 e. The second-order valence-corrected chi connectivity index (χ2v) is 8.39. The molecule has 0 bridgehead atoms. The Kier molecular flexibility index (Phi) is 14.9. The number of imide groups is 1. The summed E-state index contributed by atoms with van der Waals surface area (Å²) in [6.07, 6.45) is 5.44. The van der Waals surface area contributed by atoms with Crippen molar-refractivity contribution >= 4 is 41.9 Å². The third-order valence-electron chi connectivity index (χ3n) is 5.18. The molecule has 0 saturated carbocycles. The normalized spacial score (nSPS) is 12.6. The summed E-state index contributed by atoms with van der Waals surface area (Å²) >= 11 is 0. The second-order valence-electron chi connectivity index (χ2n) is 8.39. The lowest BCUT2D eigenvalue weighted by atomic mass is 10.2. The van der Waals surface area contributed by atoms with Gasteiger partial charge in [0.1, 0.15) is 5.76 Å². The van der Waals surface area contributed by atoms with E-state index in [9.17, 15) is 33.6 Å². The Labute approximate surface area is 226 Å². The summed E-state index contributed by atoms with van der Waals surface area (Å²) in [5.74, 6) is -2.66. The number of hydrogen-bond donors (Lipinski definition) is 4. The molecule has 0 unspecified atom stereocenters. The lowest BCUT2D eigenvalue weighted by Gasteiger charge is -2.17. The molecule has 0 aromatic heterocycles. The molecule has 1 rings (SSSR count). The van der Waals surface area contributed by atoms with Gasteiger partial charge in [-0.3, -0.25) is 33.6 Å². The van der Waals surface area contributed by atoms with E-state index in [1.807, 2.05) is 0 Å². The van der Waals surface area contributed by atoms with Crippen molar-refractivity contribution in [2.24, 2.45) is 0 Å². The summed E-state index contributed by atoms with van der Waals surface area (Å²) in [6.45, 7) is 8.70. The van der Waals surface area contributed by atoms with Gasteiger partial charge in [0.2, 0.25) is 30.0 Å². The van der Waals surface area contributed by atoms with E-state index in [0.717, 1.165) is 0 Å². The minimum Gasteiger partial charge on any atom is -0.374 e. The van der Waals surface area contributed by atoms with E-state index in [4.69, 9.17) is 4.84 Å². The molecule has 39 heavy (non-hydrogen) atoms. The third kappa shape index (κ3) is 13.6. The summed E-state index contributed by atoms with van der Waals surface area (Å²) in [4.78, 5) is 88.0. The molecule has 1 fully saturated rings. The van der Waals surface area contributed by atoms with Gasteiger partial charge in [-0.1, -0.05) is 19.2 Å². The maximum absolute atomic E-state index is 11.9. The molecule has 214 valence electrons. The zero-order chi connectivity index (χ0) is 29.2. The highest BCUT2D eigenvalue weighted by molar-refractivity contribution is 6.00. The van der Waals surface area contributed by atoms with Crippen LogP contribution >= 0.6 is 0 Å². The van der Waals surface area contributed by atoms with Crippen LogP contribution in [0.25, 0.3) is 0 Å². The SMILES string of the molecule is C=C(CCCNC(=O)CNC(=O)CNC(=O)CNC(=O)CCCN(C=O)C(=C)/C=C\C)ON1C(=O)CCC1=O. The average molecular weight is 549 g/mol. The first-order valence-corrected chi connectivity index (χ1v) is 12.4. The molecule has 1 aliphatic rings. The molecule has 14 heteroatoms. The number of nitrogens with one attached hydrogen (secondary N) is 4. The number of hydrogen-bond acceptors (Lipinski definition) is 8. The molecule has 0 radical (unpaired) electrons. The number of carbonyl (C=O) groups excluding carboxylic acids is 7. The van der Waals surface area contributed by atoms with E-state index in [1.165, 1.54) is 4.90 Å². The Balaban J connectivity index is 2.10. The lowest BCUT2D eigenvalue weighted by Crippen LogP contribution is -2.44. The van der Waals surface area contributed by atoms with Gasteiger partial charge in [0.25, 0.3) is 11.8 Å². The van der Waals surface area contributed by atoms with E-state index >= 15 is 0 Å². The Morgan fingerprint density at radius 3 is 1.95 bits per heavy atom. The van der Waals surface area contributed by atoms with Crippen LogP contribution in [0.3, 0.4) is 0 Å². The second kappa shape index (κ2) is 17.9. The summed E-state index contributed by atoms with van der Waals surface area (Å²) in [5, 5.41) is 10.4. The van der Waals surface area contributed by atoms with Crippen LogP contribution < -0.4 is 21.3 Å². The molecule has 0 atom stereocenters. The molecule has 7 amide bonds. The van der Waals surface area contributed by atoms with Crippen molar-refractivity contribution in [3.63, 3.8) is 0 Å². The maximum Gasteiger partial charge on any atom is 0.263 e. The molecule has 4 N–H and O–H groups in total. The van der Waals surface area contributed by atoms with Crippen LogP contribution in [-0.4, -0.2) is 84.5 Å². The van der Waals surface area contributed by atoms with Crippen molar-refractivity contribution in [3.05, 3.63) is 36.8 Å². The van der Waals surface area contributed by atoms with Crippen molar-refractivity contribution in [3.8, 4) is 0 Å². The van der Waals surface area contributed by atoms with Crippen molar-refractivity contribution in [1.29, 1.82) is 0 Å². The topological polar surface area (TPSA) is 183 Å². The number of rotatable bonds is 19. The molecule has 0 spiro atoms. The molecule has 0 aromatic rings. The maximum atomic E-state index is 11.9. The van der Waals surface area contributed by atoms with Crippen molar-refractivity contribution in [2.45, 2.75) is 45.4 Å². The number of amides is 7. The van der Waals surface area contributed by atoms with Gasteiger partial charge in [0.05, 0.1) is 19.6 Å². The fraction of sp³-hybridized carbons (Fsp3) is 0.480. The van der Waals surface area contributed by atoms with Crippen LogP contribution in [0, 0.1) is 0 Å². The van der Waals surface area contributed by atoms with Gasteiger partial charge in [-0.15, -0.1) is 5.06 Å². The monoisotopic (exact) mass is 548 g/mol. The summed E-state index contributed by atoms with van der Waals surface area (Å²) in [6, 6.07) is 0. The number of allylic oxidation sites excluding steroid dienone is 3. The highest BCUT2D eigenvalue weighted by atomic mass is 16.7. The highest BCUT2D eigenvalue weighted by Gasteiger charge is 2.31. The van der Waals surface area contributed by atoms with E-state index < -0.39 is 29.5 Å². The average Bonchev–Trinajstić information content (AvgIpc) is 3.22. The van der Waals surface area contributed by atoms with Gasteiger partial charge in [0.15, 0.2) is 0 Å². The molecule has 0 aromatic carbocycles. The lowest BCUT2D eigenvalue weighted by molar-refractivity contribution is -0.177. The predicted octanol–water partition coefficient (Wildman–Crippen LogP) is -0.846. The van der Waals surface area contributed by atoms with Gasteiger partial charge in [0, 0.05) is 44.5 Å². The highest BCUT2D eigenvalue weighted by Crippen LogP contribution is 2.16. The molecule has 1 saturated heterocycles. The zero-order valence-electron chi connectivity index (χ0n) is 22.1. The van der Waals surface area contributed by atoms with Crippen LogP contribution in [0.1, 0.15) is 45.4 Å². The Bertz CT molecular complexity index is 977. The van der Waals surface area contributed by atoms with Crippen LogP contribution in [0.5, 0.6) is 0 Å². The first kappa shape index (κ1) is 32.5. The first-order chi connectivity index (χ1) is 18.6. The summed E-state index contributed by atoms with van der Waals surface area (Å²) in [5.41, 5.74) is 0.507. The largest absolute Gasteiger partial charge is 0.374 e. The first-order valence-electron chi connectivity index (χ1n) is 12.4. The predicted molar refractivity (Wildman–Crippen MR) is 139 cm³/mol. The standard InChI is InChI=1S/C25H36N6O8/c1-4-7-18(2)30(17-32)13-6-9-20(33)27-15-22(35)29-16-23(36)28-14-21(34)26-12-5-8-19(3)39-31-24(37)10-11-25(31)38/h4,7,17H,2-3,5-6,8-16H2,1H3,(H,26,34)(H,27,33)(H,28,36)(H,29,35)/b7-4-. The van der Waals surface area contributed by atoms with Crippen LogP contribution in [0.2, 0.25) is 0 Å². The van der Waals surface area contributed by atoms with E-state index in [0.29, 0.717) is 43.0 Å². The van der Waals surface area contributed by atoms with Crippen molar-refractivity contribution in [2.75, 3.05) is 32.7 Å². The van der Waals surface area contributed by atoms with Crippen LogP contribution in [0.15, 0.2) is 36.8 Å². The van der Waals surface area contributed by atoms with Gasteiger partial charge in [-0.05, 0) is 25.8 Å².